The van der Waals surface area contributed by atoms with E-state index in [1.807, 2.05) is 0 Å². The number of carbonyl (C=O) groups is 3. The molecule has 0 saturated carbocycles. The molecule has 0 spiro atoms. The smallest absolute Gasteiger partial charge is 0.408 e. The van der Waals surface area contributed by atoms with Crippen molar-refractivity contribution in [1.29, 1.82) is 0 Å². The van der Waals surface area contributed by atoms with Gasteiger partial charge in [-0.1, -0.05) is 41.5 Å². The molecule has 0 bridgehead atoms. The number of amides is 1. The normalized spacial score (nSPS) is 17.0. The molecule has 8 nitrogen and oxygen atoms in total. The van der Waals surface area contributed by atoms with Gasteiger partial charge in [0, 0.05) is 5.92 Å². The van der Waals surface area contributed by atoms with Crippen molar-refractivity contribution in [2.75, 3.05) is 6.54 Å². The van der Waals surface area contributed by atoms with E-state index in [1.54, 1.807) is 62.3 Å². The monoisotopic (exact) mass is 416 g/mol. The van der Waals surface area contributed by atoms with E-state index in [9.17, 15) is 24.6 Å². The largest absolute Gasteiger partial charge is 0.481 e. The maximum atomic E-state index is 12.8. The third-order valence-electron chi connectivity index (χ3n) is 5.06. The van der Waals surface area contributed by atoms with Crippen LogP contribution in [0.1, 0.15) is 75.2 Å². The Labute approximate surface area is 174 Å². The number of ether oxygens (including phenoxy) is 1. The van der Waals surface area contributed by atoms with Crippen molar-refractivity contribution in [3.8, 4) is 0 Å². The quantitative estimate of drug-likeness (QED) is 0.475. The molecule has 0 radical (unpaired) electrons. The van der Waals surface area contributed by atoms with E-state index in [0.717, 1.165) is 0 Å². The lowest BCUT2D eigenvalue weighted by atomic mass is 9.54. The lowest BCUT2D eigenvalue weighted by Crippen LogP contribution is -2.71. The topological polar surface area (TPSA) is 139 Å². The van der Waals surface area contributed by atoms with Crippen LogP contribution in [0.15, 0.2) is 0 Å². The van der Waals surface area contributed by atoms with Crippen molar-refractivity contribution in [3.05, 3.63) is 0 Å². The molecule has 0 aromatic heterocycles. The summed E-state index contributed by atoms with van der Waals surface area (Å²) in [4.78, 5) is 37.7. The van der Waals surface area contributed by atoms with Crippen molar-refractivity contribution in [2.45, 2.75) is 86.3 Å². The molecule has 0 aliphatic heterocycles. The predicted molar refractivity (Wildman–Crippen MR) is 112 cm³/mol. The summed E-state index contributed by atoms with van der Waals surface area (Å²) in [6.45, 7) is 15.7. The fourth-order valence-corrected chi connectivity index (χ4v) is 4.03. The SMILES string of the molecule is CC(C)(C)OC(=O)N[C@@](C(=O)O)(C([C@H](CCCN)C(=O)O)C(C)(C)C)C(C)(C)C. The van der Waals surface area contributed by atoms with Crippen molar-refractivity contribution in [1.82, 2.24) is 5.32 Å². The van der Waals surface area contributed by atoms with Crippen LogP contribution in [0.3, 0.4) is 0 Å². The fourth-order valence-electron chi connectivity index (χ4n) is 4.03. The summed E-state index contributed by atoms with van der Waals surface area (Å²) >= 11 is 0. The highest BCUT2D eigenvalue weighted by molar-refractivity contribution is 5.87. The summed E-state index contributed by atoms with van der Waals surface area (Å²) in [6.07, 6.45) is -0.267. The number of rotatable bonds is 8. The molecule has 8 heteroatoms. The molecule has 29 heavy (non-hydrogen) atoms. The zero-order valence-corrected chi connectivity index (χ0v) is 19.4. The number of carboxylic acids is 2. The van der Waals surface area contributed by atoms with E-state index in [1.165, 1.54) is 0 Å². The first-order valence-corrected chi connectivity index (χ1v) is 9.98. The number of nitrogens with two attached hydrogens (primary N) is 1. The molecular formula is C21H40N2O6. The maximum absolute atomic E-state index is 12.8. The molecular weight excluding hydrogens is 376 g/mol. The van der Waals surface area contributed by atoms with Crippen LogP contribution in [-0.4, -0.2) is 45.9 Å². The Balaban J connectivity index is 6.78. The average Bonchev–Trinajstić information content (AvgIpc) is 2.44. The number of alkyl carbamates (subject to hydrolysis) is 1. The van der Waals surface area contributed by atoms with E-state index in [0.29, 0.717) is 6.42 Å². The van der Waals surface area contributed by atoms with Crippen LogP contribution < -0.4 is 11.1 Å². The van der Waals surface area contributed by atoms with Crippen molar-refractivity contribution < 1.29 is 29.3 Å². The highest BCUT2D eigenvalue weighted by Crippen LogP contribution is 2.50. The lowest BCUT2D eigenvalue weighted by molar-refractivity contribution is -0.166. The Morgan fingerprint density at radius 3 is 1.72 bits per heavy atom. The summed E-state index contributed by atoms with van der Waals surface area (Å²) in [7, 11) is 0. The van der Waals surface area contributed by atoms with E-state index in [2.05, 4.69) is 5.32 Å². The number of hydrogen-bond donors (Lipinski definition) is 4. The van der Waals surface area contributed by atoms with Gasteiger partial charge in [0.1, 0.15) is 11.1 Å². The van der Waals surface area contributed by atoms with E-state index in [4.69, 9.17) is 10.5 Å². The second kappa shape index (κ2) is 9.32. The van der Waals surface area contributed by atoms with Crippen molar-refractivity contribution in [2.24, 2.45) is 28.4 Å². The Kier molecular flexibility index (Phi) is 8.73. The predicted octanol–water partition coefficient (Wildman–Crippen LogP) is 3.48. The molecule has 0 aliphatic rings. The first-order chi connectivity index (χ1) is 12.8. The summed E-state index contributed by atoms with van der Waals surface area (Å²) in [6, 6.07) is 0. The Hall–Kier alpha value is -1.83. The Morgan fingerprint density at radius 2 is 1.45 bits per heavy atom. The average molecular weight is 417 g/mol. The van der Waals surface area contributed by atoms with Crippen LogP contribution in [0.2, 0.25) is 0 Å². The number of aliphatic carboxylic acids is 2. The van der Waals surface area contributed by atoms with Gasteiger partial charge in [0.2, 0.25) is 0 Å². The second-order valence-electron chi connectivity index (χ2n) is 10.7. The van der Waals surface area contributed by atoms with Crippen LogP contribution in [0.5, 0.6) is 0 Å². The number of hydrogen-bond acceptors (Lipinski definition) is 5. The van der Waals surface area contributed by atoms with Crippen LogP contribution in [0.4, 0.5) is 4.79 Å². The van der Waals surface area contributed by atoms with E-state index in [-0.39, 0.29) is 13.0 Å². The molecule has 0 aliphatic carbocycles. The van der Waals surface area contributed by atoms with Gasteiger partial charge in [-0.15, -0.1) is 0 Å². The molecule has 170 valence electrons. The molecule has 3 atom stereocenters. The summed E-state index contributed by atoms with van der Waals surface area (Å²) in [5.74, 6) is -4.37. The minimum Gasteiger partial charge on any atom is -0.481 e. The van der Waals surface area contributed by atoms with Crippen LogP contribution in [0.25, 0.3) is 0 Å². The molecule has 0 saturated heterocycles. The number of carboxylic acid groups (broad SMARTS) is 2. The van der Waals surface area contributed by atoms with Gasteiger partial charge >= 0.3 is 18.0 Å². The first-order valence-electron chi connectivity index (χ1n) is 9.98. The highest BCUT2D eigenvalue weighted by atomic mass is 16.6. The zero-order valence-electron chi connectivity index (χ0n) is 19.4. The molecule has 1 amide bonds. The van der Waals surface area contributed by atoms with Gasteiger partial charge in [-0.2, -0.15) is 0 Å². The molecule has 0 heterocycles. The number of carbonyl (C=O) groups excluding carboxylic acids is 1. The standard InChI is InChI=1S/C21H40N2O6/c1-18(2,3)14(13(15(24)25)11-10-12-22)21(16(26)27,19(4,5)6)23-17(28)29-20(7,8)9/h13-14H,10-12,22H2,1-9H3,(H,23,28)(H,24,25)(H,26,27)/t13-,14?,21+/m0/s1. The molecule has 0 aromatic carbocycles. The first kappa shape index (κ1) is 27.2. The Bertz CT molecular complexity index is 598. The molecule has 0 fully saturated rings. The van der Waals surface area contributed by atoms with Crippen LogP contribution >= 0.6 is 0 Å². The fraction of sp³-hybridized carbons (Fsp3) is 0.857. The van der Waals surface area contributed by atoms with Gasteiger partial charge in [0.15, 0.2) is 0 Å². The van der Waals surface area contributed by atoms with Gasteiger partial charge in [0.25, 0.3) is 0 Å². The highest BCUT2D eigenvalue weighted by Gasteiger charge is 2.62. The minimum absolute atomic E-state index is 0.203. The van der Waals surface area contributed by atoms with Crippen LogP contribution in [-0.2, 0) is 14.3 Å². The zero-order chi connectivity index (χ0) is 23.4. The second-order valence-corrected chi connectivity index (χ2v) is 10.7. The maximum Gasteiger partial charge on any atom is 0.408 e. The molecule has 0 rings (SSSR count). The minimum atomic E-state index is -1.90. The summed E-state index contributed by atoms with van der Waals surface area (Å²) in [5, 5.41) is 23.0. The lowest BCUT2D eigenvalue weighted by Gasteiger charge is -2.53. The van der Waals surface area contributed by atoms with Gasteiger partial charge in [-0.05, 0) is 51.0 Å². The molecule has 5 N–H and O–H groups in total. The van der Waals surface area contributed by atoms with E-state index < -0.39 is 51.8 Å². The van der Waals surface area contributed by atoms with Crippen LogP contribution in [0, 0.1) is 22.7 Å². The van der Waals surface area contributed by atoms with Crippen molar-refractivity contribution in [3.63, 3.8) is 0 Å². The number of nitrogens with one attached hydrogen (secondary N) is 1. The molecule has 1 unspecified atom stereocenters. The summed E-state index contributed by atoms with van der Waals surface area (Å²) < 4.78 is 5.34. The van der Waals surface area contributed by atoms with Gasteiger partial charge in [-0.3, -0.25) is 4.79 Å². The molecule has 0 aromatic rings. The third kappa shape index (κ3) is 6.87. The summed E-state index contributed by atoms with van der Waals surface area (Å²) in [5.41, 5.74) is 1.07. The van der Waals surface area contributed by atoms with Gasteiger partial charge < -0.3 is 26.0 Å². The Morgan fingerprint density at radius 1 is 0.966 bits per heavy atom. The van der Waals surface area contributed by atoms with Gasteiger partial charge in [0.05, 0.1) is 5.92 Å². The van der Waals surface area contributed by atoms with Gasteiger partial charge in [-0.25, -0.2) is 9.59 Å². The van der Waals surface area contributed by atoms with Crippen molar-refractivity contribution >= 4 is 18.0 Å². The van der Waals surface area contributed by atoms with E-state index >= 15 is 0 Å². The third-order valence-corrected chi connectivity index (χ3v) is 5.06.